The molecule has 4 saturated carbocycles. The van der Waals surface area contributed by atoms with Gasteiger partial charge in [0.1, 0.15) is 6.10 Å². The maximum atomic E-state index is 11.3. The summed E-state index contributed by atoms with van der Waals surface area (Å²) in [5, 5.41) is 21.4. The Hall–Kier alpha value is -0.210. The van der Waals surface area contributed by atoms with Gasteiger partial charge < -0.3 is 10.2 Å². The topological polar surface area (TPSA) is 104 Å². The molecule has 156 valence electrons. The zero-order valence-corrected chi connectivity index (χ0v) is 17.4. The minimum Gasteiger partial charge on any atom is -0.393 e. The normalized spacial score (nSPS) is 55.5. The highest BCUT2D eigenvalue weighted by atomic mass is 32.3. The number of rotatable bonds is 2. The van der Waals surface area contributed by atoms with Crippen LogP contribution >= 0.6 is 0 Å². The molecule has 0 saturated heterocycles. The Balaban J connectivity index is 1.64. The predicted octanol–water partition coefficient (Wildman–Crippen LogP) is 2.94. The summed E-state index contributed by atoms with van der Waals surface area (Å²) in [5.41, 5.74) is -1.49. The van der Waals surface area contributed by atoms with E-state index in [-0.39, 0.29) is 17.4 Å². The van der Waals surface area contributed by atoms with Gasteiger partial charge in [-0.25, -0.2) is 4.18 Å². The fraction of sp³-hybridized carbons (Fsp3) is 1.00. The zero-order valence-electron chi connectivity index (χ0n) is 16.6. The molecule has 0 heterocycles. The van der Waals surface area contributed by atoms with Gasteiger partial charge in [0.15, 0.2) is 0 Å². The third-order valence-electron chi connectivity index (χ3n) is 9.52. The van der Waals surface area contributed by atoms with Crippen LogP contribution in [0.4, 0.5) is 0 Å². The summed E-state index contributed by atoms with van der Waals surface area (Å²) in [6, 6.07) is 0. The Morgan fingerprint density at radius 1 is 0.963 bits per heavy atom. The standard InChI is InChI=1S/C20H34O6S/c1-18-8-6-13(21)10-12(18)4-5-14-15(18)7-9-19(2)16(14)11-17(20(19,3)22)26-27(23,24)25/h12-17,21-22H,4-11H2,1-3H3,(H,23,24,25)/t12-,13-,14+,15-,16-,17-,18-,19-,20-/m0/s1. The second kappa shape index (κ2) is 6.14. The number of fused-ring (bicyclic) bond motifs is 5. The predicted molar refractivity (Wildman–Crippen MR) is 100 cm³/mol. The van der Waals surface area contributed by atoms with Crippen LogP contribution in [0.3, 0.4) is 0 Å². The van der Waals surface area contributed by atoms with Crippen LogP contribution in [0.15, 0.2) is 0 Å². The molecule has 9 atom stereocenters. The van der Waals surface area contributed by atoms with E-state index in [0.29, 0.717) is 24.2 Å². The minimum atomic E-state index is -4.60. The van der Waals surface area contributed by atoms with Gasteiger partial charge in [0.25, 0.3) is 0 Å². The second-order valence-electron chi connectivity index (χ2n) is 10.4. The molecule has 4 rings (SSSR count). The van der Waals surface area contributed by atoms with Gasteiger partial charge in [-0.05, 0) is 87.4 Å². The highest BCUT2D eigenvalue weighted by Crippen LogP contribution is 2.68. The van der Waals surface area contributed by atoms with Crippen molar-refractivity contribution in [3.63, 3.8) is 0 Å². The highest BCUT2D eigenvalue weighted by Gasteiger charge is 2.67. The summed E-state index contributed by atoms with van der Waals surface area (Å²) >= 11 is 0. The number of hydrogen-bond donors (Lipinski definition) is 3. The number of aliphatic hydroxyl groups excluding tert-OH is 1. The van der Waals surface area contributed by atoms with Crippen molar-refractivity contribution >= 4 is 10.4 Å². The summed E-state index contributed by atoms with van der Waals surface area (Å²) < 4.78 is 36.8. The lowest BCUT2D eigenvalue weighted by Crippen LogP contribution is -2.57. The Morgan fingerprint density at radius 3 is 2.33 bits per heavy atom. The second-order valence-corrected chi connectivity index (χ2v) is 11.5. The van der Waals surface area contributed by atoms with Gasteiger partial charge >= 0.3 is 10.4 Å². The molecule has 0 unspecified atom stereocenters. The first-order chi connectivity index (χ1) is 12.4. The zero-order chi connectivity index (χ0) is 19.8. The Labute approximate surface area is 162 Å². The van der Waals surface area contributed by atoms with Crippen molar-refractivity contribution in [2.45, 2.75) is 89.9 Å². The summed E-state index contributed by atoms with van der Waals surface area (Å²) in [6.45, 7) is 6.13. The van der Waals surface area contributed by atoms with Crippen LogP contribution in [-0.4, -0.2) is 41.0 Å². The van der Waals surface area contributed by atoms with Crippen LogP contribution in [0.1, 0.15) is 72.1 Å². The first-order valence-electron chi connectivity index (χ1n) is 10.4. The van der Waals surface area contributed by atoms with Crippen LogP contribution in [0.25, 0.3) is 0 Å². The molecule has 4 aliphatic carbocycles. The lowest BCUT2D eigenvalue weighted by molar-refractivity contribution is -0.162. The molecule has 6 nitrogen and oxygen atoms in total. The maximum absolute atomic E-state index is 11.3. The first kappa shape index (κ1) is 20.1. The van der Waals surface area contributed by atoms with E-state index in [4.69, 9.17) is 4.18 Å². The largest absolute Gasteiger partial charge is 0.397 e. The maximum Gasteiger partial charge on any atom is 0.397 e. The van der Waals surface area contributed by atoms with Crippen LogP contribution < -0.4 is 0 Å². The van der Waals surface area contributed by atoms with Gasteiger partial charge in [0.2, 0.25) is 0 Å². The number of hydrogen-bond acceptors (Lipinski definition) is 5. The Kier molecular flexibility index (Phi) is 4.57. The average Bonchev–Trinajstić information content (AvgIpc) is 2.74. The molecular formula is C20H34O6S. The summed E-state index contributed by atoms with van der Waals surface area (Å²) in [5.74, 6) is 1.71. The van der Waals surface area contributed by atoms with E-state index in [0.717, 1.165) is 44.9 Å². The van der Waals surface area contributed by atoms with E-state index >= 15 is 0 Å². The lowest BCUT2D eigenvalue weighted by atomic mass is 9.44. The molecule has 0 aromatic carbocycles. The van der Waals surface area contributed by atoms with Gasteiger partial charge in [-0.1, -0.05) is 13.8 Å². The molecule has 7 heteroatoms. The molecule has 27 heavy (non-hydrogen) atoms. The van der Waals surface area contributed by atoms with Crippen LogP contribution in [0, 0.1) is 34.5 Å². The molecule has 0 aromatic rings. The van der Waals surface area contributed by atoms with Crippen molar-refractivity contribution in [1.82, 2.24) is 0 Å². The van der Waals surface area contributed by atoms with Gasteiger partial charge in [-0.2, -0.15) is 8.42 Å². The summed E-state index contributed by atoms with van der Waals surface area (Å²) in [6.07, 6.45) is 6.21. The average molecular weight is 403 g/mol. The first-order valence-corrected chi connectivity index (χ1v) is 11.8. The van der Waals surface area contributed by atoms with E-state index < -0.39 is 27.5 Å². The Morgan fingerprint density at radius 2 is 1.67 bits per heavy atom. The van der Waals surface area contributed by atoms with Gasteiger partial charge in [0, 0.05) is 5.41 Å². The quantitative estimate of drug-likeness (QED) is 0.614. The highest BCUT2D eigenvalue weighted by molar-refractivity contribution is 7.80. The monoisotopic (exact) mass is 402 g/mol. The van der Waals surface area contributed by atoms with Crippen LogP contribution in [0.2, 0.25) is 0 Å². The smallest absolute Gasteiger partial charge is 0.393 e. The molecule has 0 radical (unpaired) electrons. The number of aliphatic hydroxyl groups is 2. The van der Waals surface area contributed by atoms with Crippen LogP contribution in [0.5, 0.6) is 0 Å². The molecule has 0 spiro atoms. The fourth-order valence-corrected chi connectivity index (χ4v) is 8.29. The minimum absolute atomic E-state index is 0.173. The molecule has 0 bridgehead atoms. The van der Waals surface area contributed by atoms with Crippen molar-refractivity contribution in [3.8, 4) is 0 Å². The van der Waals surface area contributed by atoms with E-state index in [1.807, 2.05) is 0 Å². The van der Waals surface area contributed by atoms with E-state index in [1.54, 1.807) is 6.92 Å². The van der Waals surface area contributed by atoms with Gasteiger partial charge in [-0.3, -0.25) is 4.55 Å². The molecule has 0 aromatic heterocycles. The summed E-state index contributed by atoms with van der Waals surface area (Å²) in [4.78, 5) is 0. The Bertz CT molecular complexity index is 705. The van der Waals surface area contributed by atoms with Crippen molar-refractivity contribution in [1.29, 1.82) is 0 Å². The van der Waals surface area contributed by atoms with Gasteiger partial charge in [0.05, 0.1) is 11.7 Å². The molecule has 0 amide bonds. The molecule has 4 aliphatic rings. The van der Waals surface area contributed by atoms with E-state index in [2.05, 4.69) is 13.8 Å². The SMILES string of the molecule is C[C@]12CC[C@H](O)C[C@@H]1CC[C@@H]1[C@@H]2CC[C@@]2(C)[C@H]1C[C@H](OS(=O)(=O)O)[C@]2(C)O. The molecule has 3 N–H and O–H groups in total. The summed E-state index contributed by atoms with van der Waals surface area (Å²) in [7, 11) is -4.60. The molecular weight excluding hydrogens is 368 g/mol. The van der Waals surface area contributed by atoms with Crippen molar-refractivity contribution in [2.75, 3.05) is 0 Å². The molecule has 4 fully saturated rings. The van der Waals surface area contributed by atoms with Crippen LogP contribution in [-0.2, 0) is 14.6 Å². The van der Waals surface area contributed by atoms with Crippen molar-refractivity contribution in [3.05, 3.63) is 0 Å². The lowest BCUT2D eigenvalue weighted by Gasteiger charge is -2.61. The van der Waals surface area contributed by atoms with E-state index in [9.17, 15) is 23.2 Å². The van der Waals surface area contributed by atoms with Crippen molar-refractivity contribution < 1.29 is 27.4 Å². The van der Waals surface area contributed by atoms with Gasteiger partial charge in [-0.15, -0.1) is 0 Å². The fourth-order valence-electron chi connectivity index (χ4n) is 7.73. The third kappa shape index (κ3) is 2.91. The third-order valence-corrected chi connectivity index (χ3v) is 9.99. The van der Waals surface area contributed by atoms with Crippen molar-refractivity contribution in [2.24, 2.45) is 34.5 Å². The van der Waals surface area contributed by atoms with E-state index in [1.165, 1.54) is 0 Å². The molecule has 0 aliphatic heterocycles.